The van der Waals surface area contributed by atoms with Crippen LogP contribution in [0.5, 0.6) is 0 Å². The second kappa shape index (κ2) is 6.74. The van der Waals surface area contributed by atoms with E-state index in [1.54, 1.807) is 7.05 Å². The van der Waals surface area contributed by atoms with Gasteiger partial charge < -0.3 is 17.3 Å². The van der Waals surface area contributed by atoms with E-state index in [9.17, 15) is 13.2 Å². The van der Waals surface area contributed by atoms with E-state index in [4.69, 9.17) is 0 Å². The van der Waals surface area contributed by atoms with Gasteiger partial charge in [0.05, 0.1) is 17.4 Å². The Morgan fingerprint density at radius 2 is 1.75 bits per heavy atom. The maximum atomic E-state index is 14.2. The fourth-order valence-corrected chi connectivity index (χ4v) is 2.43. The van der Waals surface area contributed by atoms with E-state index >= 15 is 0 Å². The zero-order valence-corrected chi connectivity index (χ0v) is 13.9. The van der Waals surface area contributed by atoms with Crippen molar-refractivity contribution in [3.8, 4) is 0 Å². The van der Waals surface area contributed by atoms with Crippen LogP contribution in [0.15, 0.2) is 33.0 Å². The highest BCUT2D eigenvalue weighted by atomic mass is 35.5. The molecule has 2 aliphatic rings. The summed E-state index contributed by atoms with van der Waals surface area (Å²) in [4.78, 5) is 9.95. The van der Waals surface area contributed by atoms with Gasteiger partial charge in [0, 0.05) is 25.2 Å². The van der Waals surface area contributed by atoms with E-state index in [-0.39, 0.29) is 29.6 Å². The quantitative estimate of drug-likeness (QED) is 0.696. The van der Waals surface area contributed by atoms with Crippen LogP contribution in [0.3, 0.4) is 0 Å². The molecular formula is C15H15ClF3N5. The van der Waals surface area contributed by atoms with Crippen molar-refractivity contribution in [2.45, 2.75) is 19.9 Å². The van der Waals surface area contributed by atoms with Gasteiger partial charge in [0.25, 0.3) is 0 Å². The van der Waals surface area contributed by atoms with Crippen molar-refractivity contribution in [1.82, 2.24) is 4.90 Å². The number of benzene rings is 1. The maximum Gasteiger partial charge on any atom is 0.362 e. The first kappa shape index (κ1) is 18.2. The van der Waals surface area contributed by atoms with Crippen LogP contribution in [-0.4, -0.2) is 36.5 Å². The number of halogens is 4. The van der Waals surface area contributed by atoms with Gasteiger partial charge in [0.2, 0.25) is 5.82 Å². The smallest absolute Gasteiger partial charge is 0.362 e. The first-order chi connectivity index (χ1) is 10.9. The first-order valence-corrected chi connectivity index (χ1v) is 7.04. The molecule has 0 radical (unpaired) electrons. The minimum atomic E-state index is -0.985. The minimum absolute atomic E-state index is 0. The number of allylic oxidation sites excluding steroid dienone is 1. The Hall–Kier alpha value is -2.19. The van der Waals surface area contributed by atoms with Crippen molar-refractivity contribution >= 4 is 24.1 Å². The first-order valence-electron chi connectivity index (χ1n) is 7.04. The predicted molar refractivity (Wildman–Crippen MR) is 81.5 cm³/mol. The van der Waals surface area contributed by atoms with E-state index in [0.717, 1.165) is 0 Å². The van der Waals surface area contributed by atoms with Gasteiger partial charge in [-0.25, -0.2) is 13.2 Å². The van der Waals surface area contributed by atoms with Gasteiger partial charge in [-0.2, -0.15) is 9.98 Å². The van der Waals surface area contributed by atoms with E-state index < -0.39 is 17.5 Å². The Kier molecular flexibility index (Phi) is 5.10. The minimum Gasteiger partial charge on any atom is -1.00 e. The number of rotatable bonds is 3. The van der Waals surface area contributed by atoms with Gasteiger partial charge in [-0.1, -0.05) is 10.1 Å². The highest BCUT2D eigenvalue weighted by molar-refractivity contribution is 6.15. The summed E-state index contributed by atoms with van der Waals surface area (Å²) in [5, 5.41) is 4.60. The van der Waals surface area contributed by atoms with Crippen LogP contribution < -0.4 is 17.4 Å². The lowest BCUT2D eigenvalue weighted by Crippen LogP contribution is -3.09. The lowest BCUT2D eigenvalue weighted by atomic mass is 10.0. The number of hydrogen-bond acceptors (Lipinski definition) is 4. The third kappa shape index (κ3) is 2.94. The molecule has 0 saturated carbocycles. The van der Waals surface area contributed by atoms with Crippen molar-refractivity contribution in [3.05, 3.63) is 41.0 Å². The molecule has 0 bridgehead atoms. The normalized spacial score (nSPS) is 18.6. The van der Waals surface area contributed by atoms with Crippen LogP contribution in [-0.2, 0) is 0 Å². The number of aliphatic imine (C=N–C) groups is 2. The molecule has 1 unspecified atom stereocenters. The average molecular weight is 358 g/mol. The number of hydrogen-bond donors (Lipinski definition) is 1. The Morgan fingerprint density at radius 1 is 1.12 bits per heavy atom. The van der Waals surface area contributed by atoms with Crippen LogP contribution >= 0.6 is 0 Å². The molecule has 1 aromatic carbocycles. The molecule has 128 valence electrons. The molecule has 9 heteroatoms. The monoisotopic (exact) mass is 357 g/mol. The summed E-state index contributed by atoms with van der Waals surface area (Å²) in [6.07, 6.45) is 2.68. The fraction of sp³-hybridized carbons (Fsp3) is 0.267. The summed E-state index contributed by atoms with van der Waals surface area (Å²) < 4.78 is 41.6. The third-order valence-corrected chi connectivity index (χ3v) is 3.78. The lowest BCUT2D eigenvalue weighted by Gasteiger charge is -2.29. The Balaban J connectivity index is 0.00000208. The zero-order chi connectivity index (χ0) is 16.7. The molecular weight excluding hydrogens is 343 g/mol. The maximum absolute atomic E-state index is 14.2. The van der Waals surface area contributed by atoms with Crippen molar-refractivity contribution in [2.24, 2.45) is 15.1 Å². The summed E-state index contributed by atoms with van der Waals surface area (Å²) in [6, 6.07) is 1.35. The molecule has 0 fully saturated rings. The lowest BCUT2D eigenvalue weighted by molar-refractivity contribution is -0.778. The molecule has 0 amide bonds. The number of fused-ring (bicyclic) bond motifs is 1. The van der Waals surface area contributed by atoms with E-state index in [1.165, 1.54) is 12.6 Å². The number of nitrogens with zero attached hydrogens (tertiary/aromatic N) is 4. The molecule has 0 aromatic heterocycles. The summed E-state index contributed by atoms with van der Waals surface area (Å²) in [5.74, 6) is -2.04. The number of guanidine groups is 1. The Morgan fingerprint density at radius 3 is 2.33 bits per heavy atom. The predicted octanol–water partition coefficient (Wildman–Crippen LogP) is -1.60. The molecule has 1 aromatic rings. The van der Waals surface area contributed by atoms with Crippen molar-refractivity contribution in [2.75, 3.05) is 7.05 Å². The van der Waals surface area contributed by atoms with Gasteiger partial charge in [-0.3, -0.25) is 0 Å². The number of nitrogens with one attached hydrogen (secondary N) is 1. The highest BCUT2D eigenvalue weighted by Gasteiger charge is 2.37. The van der Waals surface area contributed by atoms with Crippen molar-refractivity contribution < 1.29 is 30.6 Å². The van der Waals surface area contributed by atoms with Crippen molar-refractivity contribution in [3.63, 3.8) is 0 Å². The van der Waals surface area contributed by atoms with Gasteiger partial charge in [0.1, 0.15) is 17.5 Å². The topological polar surface area (TPSA) is 44.8 Å². The molecule has 2 heterocycles. The second-order valence-corrected chi connectivity index (χ2v) is 5.52. The summed E-state index contributed by atoms with van der Waals surface area (Å²) >= 11 is 0. The van der Waals surface area contributed by atoms with E-state index in [1.807, 2.05) is 18.7 Å². The zero-order valence-electron chi connectivity index (χ0n) is 13.2. The van der Waals surface area contributed by atoms with Gasteiger partial charge in [0.15, 0.2) is 6.34 Å². The van der Waals surface area contributed by atoms with E-state index in [2.05, 4.69) is 15.1 Å². The van der Waals surface area contributed by atoms with Gasteiger partial charge in [-0.05, 0) is 13.8 Å². The largest absolute Gasteiger partial charge is 1.00 e. The molecule has 0 aliphatic carbocycles. The van der Waals surface area contributed by atoms with Crippen LogP contribution in [0.1, 0.15) is 19.4 Å². The number of quaternary nitrogens is 1. The molecule has 2 aliphatic heterocycles. The molecule has 24 heavy (non-hydrogen) atoms. The molecule has 0 spiro atoms. The summed E-state index contributed by atoms with van der Waals surface area (Å²) in [5.41, 5.74) is -0.115. The Labute approximate surface area is 143 Å². The third-order valence-electron chi connectivity index (χ3n) is 3.78. The van der Waals surface area contributed by atoms with Gasteiger partial charge in [-0.15, -0.1) is 0 Å². The fourth-order valence-electron chi connectivity index (χ4n) is 2.43. The van der Waals surface area contributed by atoms with E-state index in [0.29, 0.717) is 28.9 Å². The van der Waals surface area contributed by atoms with Crippen molar-refractivity contribution in [1.29, 1.82) is 0 Å². The van der Waals surface area contributed by atoms with Crippen LogP contribution in [0, 0.1) is 17.5 Å². The average Bonchev–Trinajstić information content (AvgIpc) is 2.93. The van der Waals surface area contributed by atoms with Crippen LogP contribution in [0.2, 0.25) is 0 Å². The SMILES string of the molecule is CC(C)N(C)C1=C(c2c(F)cc(F)cc2F)C=NC2=NC=N[NH+]21.[Cl-]. The molecule has 3 rings (SSSR count). The van der Waals surface area contributed by atoms with Crippen LogP contribution in [0.4, 0.5) is 13.2 Å². The summed E-state index contributed by atoms with van der Waals surface area (Å²) in [7, 11) is 1.79. The van der Waals surface area contributed by atoms with Crippen LogP contribution in [0.25, 0.3) is 5.57 Å². The standard InChI is InChI=1S/C15H14F3N5.ClH/c1-8(2)22(3)14-10(6-19-15-20-7-21-23(14)15)13-11(17)4-9(16)5-12(13)18;/h4-8H,1-3H3;1H. The molecule has 1 atom stereocenters. The van der Waals surface area contributed by atoms with Gasteiger partial charge >= 0.3 is 5.96 Å². The Bertz CT molecular complexity index is 762. The summed E-state index contributed by atoms with van der Waals surface area (Å²) in [6.45, 7) is 3.87. The molecule has 1 N–H and O–H groups in total. The second-order valence-electron chi connectivity index (χ2n) is 5.52. The molecule has 0 saturated heterocycles. The molecule has 5 nitrogen and oxygen atoms in total. The highest BCUT2D eigenvalue weighted by Crippen LogP contribution is 2.26.